The largest absolute Gasteiger partial charge is 0.494 e. The molecule has 2 rings (SSSR count). The number of carbonyl (C=O) groups excluding carboxylic acids is 2. The molecule has 6 nitrogen and oxygen atoms in total. The van der Waals surface area contributed by atoms with Crippen LogP contribution in [-0.2, 0) is 6.42 Å². The summed E-state index contributed by atoms with van der Waals surface area (Å²) in [5.74, 6) is -0.280. The van der Waals surface area contributed by atoms with E-state index in [1.165, 1.54) is 11.3 Å². The van der Waals surface area contributed by atoms with E-state index in [2.05, 4.69) is 10.6 Å². The first-order valence-electron chi connectivity index (χ1n) is 8.14. The molecule has 0 atom stereocenters. The fourth-order valence-corrected chi connectivity index (χ4v) is 3.97. The number of ether oxygens (including phenoxy) is 1. The highest BCUT2D eigenvalue weighted by atomic mass is 32.1. The average molecular weight is 392 g/mol. The van der Waals surface area contributed by atoms with E-state index in [0.717, 1.165) is 10.4 Å². The van der Waals surface area contributed by atoms with Crippen molar-refractivity contribution in [1.29, 1.82) is 0 Å². The number of anilines is 1. The number of carbonyl (C=O) groups is 2. The smallest absolute Gasteiger partial charge is 0.257 e. The van der Waals surface area contributed by atoms with Gasteiger partial charge in [0, 0.05) is 10.4 Å². The molecule has 2 amide bonds. The zero-order chi connectivity index (χ0) is 19.3. The summed E-state index contributed by atoms with van der Waals surface area (Å²) in [6.07, 6.45) is 0.686. The Morgan fingerprint density at radius 3 is 2.65 bits per heavy atom. The van der Waals surface area contributed by atoms with Gasteiger partial charge >= 0.3 is 0 Å². The Morgan fingerprint density at radius 2 is 2.04 bits per heavy atom. The van der Waals surface area contributed by atoms with E-state index in [1.54, 1.807) is 24.3 Å². The van der Waals surface area contributed by atoms with Crippen LogP contribution in [0.5, 0.6) is 5.75 Å². The first kappa shape index (κ1) is 19.9. The lowest BCUT2D eigenvalue weighted by atomic mass is 10.1. The molecule has 2 aromatic rings. The van der Waals surface area contributed by atoms with Gasteiger partial charge in [-0.1, -0.05) is 13.0 Å². The van der Waals surface area contributed by atoms with E-state index >= 15 is 0 Å². The number of aryl methyl sites for hydroxylation is 1. The summed E-state index contributed by atoms with van der Waals surface area (Å²) in [5.41, 5.74) is 7.24. The summed E-state index contributed by atoms with van der Waals surface area (Å²) in [4.78, 5) is 25.1. The Morgan fingerprint density at radius 1 is 1.31 bits per heavy atom. The minimum Gasteiger partial charge on any atom is -0.494 e. The molecule has 0 spiro atoms. The summed E-state index contributed by atoms with van der Waals surface area (Å²) < 4.78 is 5.39. The van der Waals surface area contributed by atoms with Crippen LogP contribution in [0.2, 0.25) is 0 Å². The van der Waals surface area contributed by atoms with E-state index < -0.39 is 5.91 Å². The highest BCUT2D eigenvalue weighted by molar-refractivity contribution is 7.80. The maximum absolute atomic E-state index is 12.4. The number of nitrogens with two attached hydrogens (primary N) is 1. The molecule has 1 aromatic heterocycles. The molecule has 138 valence electrons. The van der Waals surface area contributed by atoms with Crippen LogP contribution >= 0.6 is 23.6 Å². The van der Waals surface area contributed by atoms with Gasteiger partial charge in [0.1, 0.15) is 10.8 Å². The number of amides is 2. The van der Waals surface area contributed by atoms with Crippen LogP contribution in [0.25, 0.3) is 0 Å². The molecule has 0 aliphatic heterocycles. The van der Waals surface area contributed by atoms with Crippen molar-refractivity contribution >= 4 is 45.5 Å². The number of thiophene rings is 1. The van der Waals surface area contributed by atoms with Gasteiger partial charge in [-0.05, 0) is 56.2 Å². The summed E-state index contributed by atoms with van der Waals surface area (Å²) in [6.45, 7) is 6.26. The predicted octanol–water partition coefficient (Wildman–Crippen LogP) is 3.24. The standard InChI is InChI=1S/C18H21N3O3S2/c1-4-13-10(3)26-17(14(13)15(19)22)21-18(25)20-16(23)11-7-6-8-12(9-11)24-5-2/h6-9H,4-5H2,1-3H3,(H2,19,22)(H2,20,21,23,25). The molecular formula is C18H21N3O3S2. The SMILES string of the molecule is CCOc1cccc(C(=O)NC(=S)Nc2sc(C)c(CC)c2C(N)=O)c1. The number of thiocarbonyl (C=S) groups is 1. The Labute approximate surface area is 161 Å². The van der Waals surface area contributed by atoms with Gasteiger partial charge in [-0.25, -0.2) is 0 Å². The van der Waals surface area contributed by atoms with Crippen molar-refractivity contribution in [3.63, 3.8) is 0 Å². The fraction of sp³-hybridized carbons (Fsp3) is 0.278. The van der Waals surface area contributed by atoms with Crippen LogP contribution in [0.1, 0.15) is 45.0 Å². The molecule has 0 aliphatic carbocycles. The Bertz CT molecular complexity index is 846. The van der Waals surface area contributed by atoms with Crippen LogP contribution in [-0.4, -0.2) is 23.5 Å². The number of hydrogen-bond acceptors (Lipinski definition) is 5. The zero-order valence-corrected chi connectivity index (χ0v) is 16.5. The summed E-state index contributed by atoms with van der Waals surface area (Å²) in [6, 6.07) is 6.81. The molecule has 0 saturated carbocycles. The molecule has 0 radical (unpaired) electrons. The summed E-state index contributed by atoms with van der Waals surface area (Å²) >= 11 is 6.59. The molecule has 1 aromatic carbocycles. The van der Waals surface area contributed by atoms with Gasteiger partial charge in [-0.2, -0.15) is 0 Å². The second-order valence-electron chi connectivity index (χ2n) is 5.43. The maximum Gasteiger partial charge on any atom is 0.257 e. The van der Waals surface area contributed by atoms with Crippen LogP contribution < -0.4 is 21.1 Å². The Balaban J connectivity index is 2.13. The minimum atomic E-state index is -0.521. The van der Waals surface area contributed by atoms with Gasteiger partial charge in [-0.15, -0.1) is 11.3 Å². The van der Waals surface area contributed by atoms with Crippen molar-refractivity contribution < 1.29 is 14.3 Å². The number of hydrogen-bond donors (Lipinski definition) is 3. The fourth-order valence-electron chi connectivity index (χ4n) is 2.56. The third-order valence-electron chi connectivity index (χ3n) is 3.67. The normalized spacial score (nSPS) is 10.3. The minimum absolute atomic E-state index is 0.100. The van der Waals surface area contributed by atoms with Gasteiger partial charge in [0.25, 0.3) is 11.8 Å². The first-order valence-corrected chi connectivity index (χ1v) is 9.37. The highest BCUT2D eigenvalue weighted by Crippen LogP contribution is 2.33. The molecule has 1 heterocycles. The molecule has 0 bridgehead atoms. The third-order valence-corrected chi connectivity index (χ3v) is 4.94. The highest BCUT2D eigenvalue weighted by Gasteiger charge is 2.20. The second kappa shape index (κ2) is 8.77. The Hall–Kier alpha value is -2.45. The van der Waals surface area contributed by atoms with Crippen molar-refractivity contribution in [1.82, 2.24) is 5.32 Å². The average Bonchev–Trinajstić information content (AvgIpc) is 2.90. The van der Waals surface area contributed by atoms with E-state index in [1.807, 2.05) is 20.8 Å². The topological polar surface area (TPSA) is 93.4 Å². The number of primary amides is 1. The monoisotopic (exact) mass is 391 g/mol. The van der Waals surface area contributed by atoms with Gasteiger partial charge < -0.3 is 15.8 Å². The zero-order valence-electron chi connectivity index (χ0n) is 14.8. The molecule has 4 N–H and O–H groups in total. The Kier molecular flexibility index (Phi) is 6.70. The van der Waals surface area contributed by atoms with Crippen LogP contribution in [0.15, 0.2) is 24.3 Å². The third kappa shape index (κ3) is 4.59. The van der Waals surface area contributed by atoms with Crippen molar-refractivity contribution in [3.8, 4) is 5.75 Å². The predicted molar refractivity (Wildman–Crippen MR) is 108 cm³/mol. The maximum atomic E-state index is 12.4. The molecule has 0 aliphatic rings. The van der Waals surface area contributed by atoms with E-state index in [-0.39, 0.29) is 11.0 Å². The van der Waals surface area contributed by atoms with Crippen molar-refractivity contribution in [2.75, 3.05) is 11.9 Å². The lowest BCUT2D eigenvalue weighted by molar-refractivity contribution is 0.0975. The van der Waals surface area contributed by atoms with Gasteiger partial charge in [0.2, 0.25) is 0 Å². The lowest BCUT2D eigenvalue weighted by Gasteiger charge is -2.10. The molecule has 0 fully saturated rings. The number of nitrogens with one attached hydrogen (secondary N) is 2. The van der Waals surface area contributed by atoms with E-state index in [9.17, 15) is 9.59 Å². The van der Waals surface area contributed by atoms with Crippen molar-refractivity contribution in [3.05, 3.63) is 45.8 Å². The second-order valence-corrected chi connectivity index (χ2v) is 7.06. The van der Waals surface area contributed by atoms with Crippen molar-refractivity contribution in [2.24, 2.45) is 5.73 Å². The lowest BCUT2D eigenvalue weighted by Crippen LogP contribution is -2.34. The summed E-state index contributed by atoms with van der Waals surface area (Å²) in [7, 11) is 0. The molecule has 8 heteroatoms. The molecular weight excluding hydrogens is 370 g/mol. The quantitative estimate of drug-likeness (QED) is 0.657. The van der Waals surface area contributed by atoms with E-state index in [0.29, 0.717) is 34.9 Å². The van der Waals surface area contributed by atoms with Gasteiger partial charge in [0.05, 0.1) is 12.2 Å². The molecule has 0 unspecified atom stereocenters. The number of rotatable bonds is 6. The van der Waals surface area contributed by atoms with Gasteiger partial charge in [0.15, 0.2) is 5.11 Å². The number of benzene rings is 1. The van der Waals surface area contributed by atoms with Crippen LogP contribution in [0.3, 0.4) is 0 Å². The molecule has 0 saturated heterocycles. The molecule has 26 heavy (non-hydrogen) atoms. The summed E-state index contributed by atoms with van der Waals surface area (Å²) in [5, 5.41) is 6.16. The van der Waals surface area contributed by atoms with Crippen LogP contribution in [0.4, 0.5) is 5.00 Å². The van der Waals surface area contributed by atoms with Crippen molar-refractivity contribution in [2.45, 2.75) is 27.2 Å². The first-order chi connectivity index (χ1) is 12.4. The van der Waals surface area contributed by atoms with Crippen LogP contribution in [0, 0.1) is 6.92 Å². The van der Waals surface area contributed by atoms with Gasteiger partial charge in [-0.3, -0.25) is 14.9 Å². The van der Waals surface area contributed by atoms with E-state index in [4.69, 9.17) is 22.7 Å².